The van der Waals surface area contributed by atoms with Crippen molar-refractivity contribution in [3.05, 3.63) is 34.9 Å². The summed E-state index contributed by atoms with van der Waals surface area (Å²) in [5.41, 5.74) is 2.75. The fraction of sp³-hybridized carbons (Fsp3) is 0.529. The first kappa shape index (κ1) is 15.7. The molecule has 1 aromatic carbocycles. The zero-order valence-electron chi connectivity index (χ0n) is 12.8. The molecular formula is C17H23NO3. The van der Waals surface area contributed by atoms with Crippen LogP contribution in [0.2, 0.25) is 0 Å². The van der Waals surface area contributed by atoms with Gasteiger partial charge in [-0.1, -0.05) is 17.7 Å². The third-order valence-electron chi connectivity index (χ3n) is 3.82. The third-order valence-corrected chi connectivity index (χ3v) is 3.82. The first-order valence-electron chi connectivity index (χ1n) is 7.55. The van der Waals surface area contributed by atoms with Crippen LogP contribution in [0.4, 0.5) is 0 Å². The largest absolute Gasteiger partial charge is 0.376 e. The Morgan fingerprint density at radius 3 is 2.81 bits per heavy atom. The van der Waals surface area contributed by atoms with Crippen molar-refractivity contribution in [2.75, 3.05) is 13.2 Å². The van der Waals surface area contributed by atoms with E-state index in [1.54, 1.807) is 0 Å². The van der Waals surface area contributed by atoms with Crippen molar-refractivity contribution < 1.29 is 14.3 Å². The zero-order valence-corrected chi connectivity index (χ0v) is 12.8. The molecule has 0 aliphatic carbocycles. The van der Waals surface area contributed by atoms with Gasteiger partial charge in [0.15, 0.2) is 5.78 Å². The van der Waals surface area contributed by atoms with Crippen molar-refractivity contribution in [3.63, 3.8) is 0 Å². The average Bonchev–Trinajstić information content (AvgIpc) is 2.98. The predicted molar refractivity (Wildman–Crippen MR) is 81.5 cm³/mol. The fourth-order valence-corrected chi connectivity index (χ4v) is 2.52. The van der Waals surface area contributed by atoms with E-state index in [9.17, 15) is 9.59 Å². The van der Waals surface area contributed by atoms with E-state index in [-0.39, 0.29) is 30.6 Å². The van der Waals surface area contributed by atoms with Crippen LogP contribution in [-0.4, -0.2) is 30.9 Å². The highest BCUT2D eigenvalue weighted by molar-refractivity contribution is 5.99. The van der Waals surface area contributed by atoms with E-state index in [1.807, 2.05) is 32.0 Å². The SMILES string of the molecule is Cc1ccc(C)c(C(=O)CCC(=O)NCC2CCCO2)c1. The number of carbonyl (C=O) groups is 2. The van der Waals surface area contributed by atoms with Gasteiger partial charge in [-0.05, 0) is 38.3 Å². The summed E-state index contributed by atoms with van der Waals surface area (Å²) in [6.07, 6.45) is 2.69. The number of ketones is 1. The number of Topliss-reactive ketones (excluding diaryl/α,β-unsaturated/α-hetero) is 1. The molecule has 1 atom stereocenters. The van der Waals surface area contributed by atoms with Crippen LogP contribution in [0.5, 0.6) is 0 Å². The zero-order chi connectivity index (χ0) is 15.2. The lowest BCUT2D eigenvalue weighted by atomic mass is 9.99. The van der Waals surface area contributed by atoms with Crippen LogP contribution in [0.25, 0.3) is 0 Å². The molecule has 1 fully saturated rings. The van der Waals surface area contributed by atoms with Crippen LogP contribution in [0.1, 0.15) is 47.2 Å². The van der Waals surface area contributed by atoms with Gasteiger partial charge in [-0.25, -0.2) is 0 Å². The molecule has 1 aliphatic rings. The smallest absolute Gasteiger partial charge is 0.220 e. The summed E-state index contributed by atoms with van der Waals surface area (Å²) in [5, 5.41) is 2.84. The number of benzene rings is 1. The summed E-state index contributed by atoms with van der Waals surface area (Å²) >= 11 is 0. The lowest BCUT2D eigenvalue weighted by Gasteiger charge is -2.11. The number of amides is 1. The molecule has 1 aromatic rings. The van der Waals surface area contributed by atoms with Crippen LogP contribution in [0.3, 0.4) is 0 Å². The van der Waals surface area contributed by atoms with Crippen molar-refractivity contribution in [2.24, 2.45) is 0 Å². The minimum Gasteiger partial charge on any atom is -0.376 e. The molecule has 0 radical (unpaired) electrons. The summed E-state index contributed by atoms with van der Waals surface area (Å²) in [4.78, 5) is 23.9. The minimum absolute atomic E-state index is 0.0310. The van der Waals surface area contributed by atoms with E-state index < -0.39 is 0 Å². The highest BCUT2D eigenvalue weighted by atomic mass is 16.5. The monoisotopic (exact) mass is 289 g/mol. The van der Waals surface area contributed by atoms with E-state index in [0.29, 0.717) is 6.54 Å². The molecule has 21 heavy (non-hydrogen) atoms. The summed E-state index contributed by atoms with van der Waals surface area (Å²) in [6, 6.07) is 5.82. The molecule has 0 bridgehead atoms. The molecule has 1 heterocycles. The molecular weight excluding hydrogens is 266 g/mol. The molecule has 2 rings (SSSR count). The van der Waals surface area contributed by atoms with Gasteiger partial charge in [0.25, 0.3) is 0 Å². The normalized spacial score (nSPS) is 17.7. The van der Waals surface area contributed by atoms with Crippen molar-refractivity contribution >= 4 is 11.7 Å². The number of carbonyl (C=O) groups excluding carboxylic acids is 2. The van der Waals surface area contributed by atoms with Crippen LogP contribution >= 0.6 is 0 Å². The number of nitrogens with one attached hydrogen (secondary N) is 1. The maximum atomic E-state index is 12.2. The Kier molecular flexibility index (Phi) is 5.51. The second-order valence-electron chi connectivity index (χ2n) is 5.68. The first-order valence-corrected chi connectivity index (χ1v) is 7.55. The van der Waals surface area contributed by atoms with Gasteiger partial charge in [0.2, 0.25) is 5.91 Å². The number of hydrogen-bond donors (Lipinski definition) is 1. The van der Waals surface area contributed by atoms with Crippen LogP contribution < -0.4 is 5.32 Å². The quantitative estimate of drug-likeness (QED) is 0.819. The highest BCUT2D eigenvalue weighted by Gasteiger charge is 2.17. The lowest BCUT2D eigenvalue weighted by molar-refractivity contribution is -0.121. The molecule has 0 aromatic heterocycles. The van der Waals surface area contributed by atoms with E-state index in [2.05, 4.69) is 5.32 Å². The number of ether oxygens (including phenoxy) is 1. The van der Waals surface area contributed by atoms with Crippen LogP contribution in [-0.2, 0) is 9.53 Å². The Balaban J connectivity index is 1.77. The molecule has 1 amide bonds. The molecule has 0 saturated carbocycles. The number of aryl methyl sites for hydroxylation is 2. The van der Waals surface area contributed by atoms with E-state index >= 15 is 0 Å². The second-order valence-corrected chi connectivity index (χ2v) is 5.68. The van der Waals surface area contributed by atoms with Gasteiger partial charge in [-0.2, -0.15) is 0 Å². The van der Waals surface area contributed by atoms with Gasteiger partial charge in [0.05, 0.1) is 6.10 Å². The molecule has 1 aliphatic heterocycles. The summed E-state index contributed by atoms with van der Waals surface area (Å²) in [7, 11) is 0. The van der Waals surface area contributed by atoms with Gasteiger partial charge >= 0.3 is 0 Å². The molecule has 4 heteroatoms. The highest BCUT2D eigenvalue weighted by Crippen LogP contribution is 2.14. The Morgan fingerprint density at radius 1 is 1.29 bits per heavy atom. The molecule has 1 unspecified atom stereocenters. The van der Waals surface area contributed by atoms with Crippen molar-refractivity contribution in [1.29, 1.82) is 0 Å². The molecule has 114 valence electrons. The van der Waals surface area contributed by atoms with Crippen molar-refractivity contribution in [3.8, 4) is 0 Å². The van der Waals surface area contributed by atoms with Gasteiger partial charge in [0, 0.05) is 31.6 Å². The van der Waals surface area contributed by atoms with E-state index in [4.69, 9.17) is 4.74 Å². The lowest BCUT2D eigenvalue weighted by Crippen LogP contribution is -2.31. The van der Waals surface area contributed by atoms with Crippen LogP contribution in [0, 0.1) is 13.8 Å². The summed E-state index contributed by atoms with van der Waals surface area (Å²) in [6.45, 7) is 5.22. The molecule has 1 saturated heterocycles. The van der Waals surface area contributed by atoms with Crippen molar-refractivity contribution in [2.45, 2.75) is 45.6 Å². The molecule has 4 nitrogen and oxygen atoms in total. The Hall–Kier alpha value is -1.68. The Bertz CT molecular complexity index is 519. The summed E-state index contributed by atoms with van der Waals surface area (Å²) < 4.78 is 5.45. The fourth-order valence-electron chi connectivity index (χ4n) is 2.52. The Morgan fingerprint density at radius 2 is 2.10 bits per heavy atom. The number of hydrogen-bond acceptors (Lipinski definition) is 3. The number of rotatable bonds is 6. The maximum absolute atomic E-state index is 12.2. The third kappa shape index (κ3) is 4.67. The van der Waals surface area contributed by atoms with E-state index in [1.165, 1.54) is 0 Å². The first-order chi connectivity index (χ1) is 10.1. The van der Waals surface area contributed by atoms with Gasteiger partial charge in [0.1, 0.15) is 0 Å². The predicted octanol–water partition coefficient (Wildman–Crippen LogP) is 2.56. The molecule has 0 spiro atoms. The summed E-state index contributed by atoms with van der Waals surface area (Å²) in [5.74, 6) is -0.0485. The van der Waals surface area contributed by atoms with Gasteiger partial charge < -0.3 is 10.1 Å². The standard InChI is InChI=1S/C17H23NO3/c1-12-5-6-13(2)15(10-12)16(19)7-8-17(20)18-11-14-4-3-9-21-14/h5-6,10,14H,3-4,7-9,11H2,1-2H3,(H,18,20). The molecule has 1 N–H and O–H groups in total. The average molecular weight is 289 g/mol. The second kappa shape index (κ2) is 7.36. The van der Waals surface area contributed by atoms with E-state index in [0.717, 1.165) is 36.1 Å². The van der Waals surface area contributed by atoms with Gasteiger partial charge in [-0.3, -0.25) is 9.59 Å². The maximum Gasteiger partial charge on any atom is 0.220 e. The van der Waals surface area contributed by atoms with Crippen LogP contribution in [0.15, 0.2) is 18.2 Å². The topological polar surface area (TPSA) is 55.4 Å². The Labute approximate surface area is 125 Å². The van der Waals surface area contributed by atoms with Crippen molar-refractivity contribution in [1.82, 2.24) is 5.32 Å². The van der Waals surface area contributed by atoms with Gasteiger partial charge in [-0.15, -0.1) is 0 Å². The minimum atomic E-state index is -0.0795.